The summed E-state index contributed by atoms with van der Waals surface area (Å²) in [5, 5.41) is 2.10. The number of morpholine rings is 1. The van der Waals surface area contributed by atoms with Crippen molar-refractivity contribution in [1.82, 2.24) is 4.90 Å². The van der Waals surface area contributed by atoms with Crippen LogP contribution >= 0.6 is 11.3 Å². The third-order valence-corrected chi connectivity index (χ3v) is 4.35. The zero-order valence-corrected chi connectivity index (χ0v) is 10.8. The fraction of sp³-hybridized carbons (Fsp3) is 0.667. The largest absolute Gasteiger partial charge is 0.374 e. The first kappa shape index (κ1) is 12.0. The standard InChI is InChI=1S/C12H20N2OS/c1-3-14-5-6-15-10(8-14)11(13)12-9(2)4-7-16-12/h4,7,10-11H,3,5-6,8,13H2,1-2H3. The Labute approximate surface area is 101 Å². The van der Waals surface area contributed by atoms with Crippen molar-refractivity contribution in [2.75, 3.05) is 26.2 Å². The van der Waals surface area contributed by atoms with Crippen LogP contribution in [0.1, 0.15) is 23.4 Å². The molecule has 0 bridgehead atoms. The summed E-state index contributed by atoms with van der Waals surface area (Å²) in [6.07, 6.45) is 0.144. The van der Waals surface area contributed by atoms with Gasteiger partial charge < -0.3 is 10.5 Å². The molecule has 0 saturated carbocycles. The number of thiophene rings is 1. The summed E-state index contributed by atoms with van der Waals surface area (Å²) in [5.74, 6) is 0. The summed E-state index contributed by atoms with van der Waals surface area (Å²) in [6.45, 7) is 8.17. The summed E-state index contributed by atoms with van der Waals surface area (Å²) in [4.78, 5) is 3.67. The molecule has 1 fully saturated rings. The van der Waals surface area contributed by atoms with E-state index < -0.39 is 0 Å². The molecule has 1 aromatic rings. The molecule has 0 spiro atoms. The fourth-order valence-corrected chi connectivity index (χ4v) is 3.11. The van der Waals surface area contributed by atoms with E-state index in [0.717, 1.165) is 26.2 Å². The first-order chi connectivity index (χ1) is 7.72. The van der Waals surface area contributed by atoms with E-state index in [1.807, 2.05) is 0 Å². The minimum Gasteiger partial charge on any atom is -0.374 e. The van der Waals surface area contributed by atoms with Crippen LogP contribution in [0.25, 0.3) is 0 Å². The summed E-state index contributed by atoms with van der Waals surface area (Å²) >= 11 is 1.74. The second-order valence-electron chi connectivity index (χ2n) is 4.30. The highest BCUT2D eigenvalue weighted by Crippen LogP contribution is 2.27. The van der Waals surface area contributed by atoms with Crippen molar-refractivity contribution in [2.45, 2.75) is 26.0 Å². The van der Waals surface area contributed by atoms with Crippen molar-refractivity contribution in [3.63, 3.8) is 0 Å². The second kappa shape index (κ2) is 5.27. The van der Waals surface area contributed by atoms with Gasteiger partial charge in [-0.25, -0.2) is 0 Å². The fourth-order valence-electron chi connectivity index (χ4n) is 2.13. The van der Waals surface area contributed by atoms with E-state index in [9.17, 15) is 0 Å². The van der Waals surface area contributed by atoms with Gasteiger partial charge in [0.25, 0.3) is 0 Å². The highest BCUT2D eigenvalue weighted by atomic mass is 32.1. The summed E-state index contributed by atoms with van der Waals surface area (Å²) < 4.78 is 5.79. The maximum atomic E-state index is 6.29. The molecule has 2 atom stereocenters. The topological polar surface area (TPSA) is 38.5 Å². The number of ether oxygens (including phenoxy) is 1. The zero-order chi connectivity index (χ0) is 11.5. The Morgan fingerprint density at radius 2 is 2.50 bits per heavy atom. The molecule has 4 heteroatoms. The van der Waals surface area contributed by atoms with Gasteiger partial charge in [-0.15, -0.1) is 11.3 Å². The molecule has 2 heterocycles. The van der Waals surface area contributed by atoms with E-state index in [-0.39, 0.29) is 12.1 Å². The van der Waals surface area contributed by atoms with E-state index in [0.29, 0.717) is 0 Å². The van der Waals surface area contributed by atoms with Crippen molar-refractivity contribution in [1.29, 1.82) is 0 Å². The number of likely N-dealkylation sites (N-methyl/N-ethyl adjacent to an activating group) is 1. The number of hydrogen-bond acceptors (Lipinski definition) is 4. The van der Waals surface area contributed by atoms with Crippen LogP contribution in [-0.4, -0.2) is 37.2 Å². The van der Waals surface area contributed by atoms with Crippen LogP contribution in [0.5, 0.6) is 0 Å². The van der Waals surface area contributed by atoms with Gasteiger partial charge >= 0.3 is 0 Å². The van der Waals surface area contributed by atoms with Crippen molar-refractivity contribution < 1.29 is 4.74 Å². The zero-order valence-electron chi connectivity index (χ0n) is 9.98. The molecular formula is C12H20N2OS. The second-order valence-corrected chi connectivity index (χ2v) is 5.24. The number of rotatable bonds is 3. The normalized spacial score (nSPS) is 24.6. The number of nitrogens with two attached hydrogens (primary N) is 1. The van der Waals surface area contributed by atoms with Gasteiger partial charge in [-0.3, -0.25) is 4.90 Å². The Morgan fingerprint density at radius 1 is 1.69 bits per heavy atom. The highest BCUT2D eigenvalue weighted by Gasteiger charge is 2.27. The lowest BCUT2D eigenvalue weighted by molar-refractivity contribution is -0.0388. The first-order valence-corrected chi connectivity index (χ1v) is 6.74. The van der Waals surface area contributed by atoms with Crippen molar-refractivity contribution in [2.24, 2.45) is 5.73 Å². The van der Waals surface area contributed by atoms with Crippen molar-refractivity contribution in [3.05, 3.63) is 21.9 Å². The monoisotopic (exact) mass is 240 g/mol. The van der Waals surface area contributed by atoms with Crippen LogP contribution in [0, 0.1) is 6.92 Å². The molecule has 2 unspecified atom stereocenters. The minimum absolute atomic E-state index is 0.0225. The minimum atomic E-state index is 0.0225. The number of nitrogens with zero attached hydrogens (tertiary/aromatic N) is 1. The summed E-state index contributed by atoms with van der Waals surface area (Å²) in [6, 6.07) is 2.15. The lowest BCUT2D eigenvalue weighted by Crippen LogP contribution is -2.46. The molecule has 1 aliphatic rings. The lowest BCUT2D eigenvalue weighted by Gasteiger charge is -2.35. The summed E-state index contributed by atoms with van der Waals surface area (Å²) in [5.41, 5.74) is 7.58. The molecule has 1 saturated heterocycles. The van der Waals surface area contributed by atoms with Gasteiger partial charge in [0.05, 0.1) is 18.8 Å². The predicted molar refractivity (Wildman–Crippen MR) is 67.8 cm³/mol. The smallest absolute Gasteiger partial charge is 0.0902 e. The molecule has 0 radical (unpaired) electrons. The molecule has 1 aliphatic heterocycles. The third kappa shape index (κ3) is 2.46. The van der Waals surface area contributed by atoms with Crippen LogP contribution in [0.15, 0.2) is 11.4 Å². The molecule has 90 valence electrons. The SMILES string of the molecule is CCN1CCOC(C(N)c2sccc2C)C1. The molecule has 2 N–H and O–H groups in total. The van der Waals surface area contributed by atoms with Crippen molar-refractivity contribution >= 4 is 11.3 Å². The maximum Gasteiger partial charge on any atom is 0.0902 e. The Kier molecular flexibility index (Phi) is 3.97. The van der Waals surface area contributed by atoms with E-state index >= 15 is 0 Å². The molecule has 16 heavy (non-hydrogen) atoms. The first-order valence-electron chi connectivity index (χ1n) is 5.86. The number of aryl methyl sites for hydroxylation is 1. The Bertz CT molecular complexity index is 340. The lowest BCUT2D eigenvalue weighted by atomic mass is 10.1. The molecule has 0 amide bonds. The average molecular weight is 240 g/mol. The maximum absolute atomic E-state index is 6.29. The van der Waals surface area contributed by atoms with Gasteiger partial charge in [0.2, 0.25) is 0 Å². The molecular weight excluding hydrogens is 220 g/mol. The third-order valence-electron chi connectivity index (χ3n) is 3.23. The molecule has 0 aromatic carbocycles. The van der Waals surface area contributed by atoms with Gasteiger partial charge in [-0.05, 0) is 30.5 Å². The quantitative estimate of drug-likeness (QED) is 0.875. The van der Waals surface area contributed by atoms with Crippen LogP contribution in [0.2, 0.25) is 0 Å². The van der Waals surface area contributed by atoms with E-state index in [1.165, 1.54) is 10.4 Å². The van der Waals surface area contributed by atoms with Crippen LogP contribution in [-0.2, 0) is 4.74 Å². The van der Waals surface area contributed by atoms with Gasteiger partial charge in [-0.2, -0.15) is 0 Å². The van der Waals surface area contributed by atoms with Gasteiger partial charge in [0, 0.05) is 18.0 Å². The predicted octanol–water partition coefficient (Wildman–Crippen LogP) is 1.78. The molecule has 3 nitrogen and oxygen atoms in total. The average Bonchev–Trinajstić information content (AvgIpc) is 2.74. The van der Waals surface area contributed by atoms with Crippen LogP contribution in [0.3, 0.4) is 0 Å². The van der Waals surface area contributed by atoms with E-state index in [1.54, 1.807) is 11.3 Å². The number of hydrogen-bond donors (Lipinski definition) is 1. The van der Waals surface area contributed by atoms with Crippen molar-refractivity contribution in [3.8, 4) is 0 Å². The molecule has 2 rings (SSSR count). The Hall–Kier alpha value is -0.420. The summed E-state index contributed by atoms with van der Waals surface area (Å²) in [7, 11) is 0. The van der Waals surface area contributed by atoms with Crippen LogP contribution < -0.4 is 5.73 Å². The Balaban J connectivity index is 2.04. The van der Waals surface area contributed by atoms with Gasteiger partial charge in [-0.1, -0.05) is 6.92 Å². The molecule has 1 aromatic heterocycles. The highest BCUT2D eigenvalue weighted by molar-refractivity contribution is 7.10. The van der Waals surface area contributed by atoms with E-state index in [4.69, 9.17) is 10.5 Å². The Morgan fingerprint density at radius 3 is 3.12 bits per heavy atom. The molecule has 0 aliphatic carbocycles. The van der Waals surface area contributed by atoms with E-state index in [2.05, 4.69) is 30.2 Å². The van der Waals surface area contributed by atoms with Crippen LogP contribution in [0.4, 0.5) is 0 Å². The van der Waals surface area contributed by atoms with Gasteiger partial charge in [0.15, 0.2) is 0 Å². The van der Waals surface area contributed by atoms with Gasteiger partial charge in [0.1, 0.15) is 0 Å².